The van der Waals surface area contributed by atoms with Crippen LogP contribution in [0.25, 0.3) is 5.70 Å². The van der Waals surface area contributed by atoms with Crippen LogP contribution in [0.3, 0.4) is 0 Å². The fourth-order valence-corrected chi connectivity index (χ4v) is 2.77. The molecule has 0 spiro atoms. The molecule has 1 saturated heterocycles. The number of rotatable bonds is 2. The van der Waals surface area contributed by atoms with Gasteiger partial charge in [-0.25, -0.2) is 4.98 Å². The molecule has 1 aliphatic heterocycles. The summed E-state index contributed by atoms with van der Waals surface area (Å²) >= 11 is 1.74. The fraction of sp³-hybridized carbons (Fsp3) is 0.400. The molecule has 2 heterocycles. The second kappa shape index (κ2) is 4.41. The van der Waals surface area contributed by atoms with Crippen LogP contribution < -0.4 is 0 Å². The van der Waals surface area contributed by atoms with Gasteiger partial charge in [-0.3, -0.25) is 4.57 Å². The van der Waals surface area contributed by atoms with Crippen molar-refractivity contribution in [2.24, 2.45) is 0 Å². The van der Waals surface area contributed by atoms with E-state index < -0.39 is 0 Å². The fourth-order valence-electron chi connectivity index (χ4n) is 1.57. The highest BCUT2D eigenvalue weighted by atomic mass is 32.2. The summed E-state index contributed by atoms with van der Waals surface area (Å²) in [6.07, 6.45) is 5.16. The van der Waals surface area contributed by atoms with Crippen LogP contribution in [0.4, 0.5) is 0 Å². The molecule has 0 amide bonds. The van der Waals surface area contributed by atoms with Crippen LogP contribution in [0, 0.1) is 11.3 Å². The molecular formula is C10H12N4S. The van der Waals surface area contributed by atoms with Crippen LogP contribution >= 0.6 is 11.8 Å². The molecule has 4 nitrogen and oxygen atoms in total. The number of hydrogen-bond donors (Lipinski definition) is 0. The minimum Gasteiger partial charge on any atom is -0.363 e. The number of allylic oxidation sites excluding steroid dienone is 1. The molecule has 0 atom stereocenters. The van der Waals surface area contributed by atoms with Gasteiger partial charge in [-0.1, -0.05) is 0 Å². The highest BCUT2D eigenvalue weighted by molar-refractivity contribution is 8.03. The first-order valence-corrected chi connectivity index (χ1v) is 5.85. The molecule has 0 unspecified atom stereocenters. The Morgan fingerprint density at radius 1 is 1.73 bits per heavy atom. The van der Waals surface area contributed by atoms with Crippen molar-refractivity contribution in [2.75, 3.05) is 18.8 Å². The number of imidazole rings is 1. The van der Waals surface area contributed by atoms with E-state index in [0.717, 1.165) is 23.9 Å². The lowest BCUT2D eigenvalue weighted by molar-refractivity contribution is 0.426. The van der Waals surface area contributed by atoms with Crippen LogP contribution in [0.15, 0.2) is 23.8 Å². The molecule has 0 aromatic carbocycles. The summed E-state index contributed by atoms with van der Waals surface area (Å²) in [4.78, 5) is 6.19. The largest absolute Gasteiger partial charge is 0.363 e. The van der Waals surface area contributed by atoms with Crippen molar-refractivity contribution in [3.8, 4) is 6.07 Å². The highest BCUT2D eigenvalue weighted by Crippen LogP contribution is 2.31. The monoisotopic (exact) mass is 220 g/mol. The molecule has 0 aliphatic carbocycles. The van der Waals surface area contributed by atoms with Gasteiger partial charge in [0.2, 0.25) is 0 Å². The minimum absolute atomic E-state index is 0.678. The first-order chi connectivity index (χ1) is 7.36. The molecule has 78 valence electrons. The van der Waals surface area contributed by atoms with Gasteiger partial charge in [0.25, 0.3) is 0 Å². The zero-order valence-electron chi connectivity index (χ0n) is 8.55. The zero-order valence-corrected chi connectivity index (χ0v) is 9.37. The molecule has 1 fully saturated rings. The second-order valence-corrected chi connectivity index (χ2v) is 4.25. The number of nitriles is 1. The van der Waals surface area contributed by atoms with Crippen LogP contribution in [0.2, 0.25) is 0 Å². The third-order valence-corrected chi connectivity index (χ3v) is 3.45. The molecule has 0 saturated carbocycles. The smallest absolute Gasteiger partial charge is 0.155 e. The topological polar surface area (TPSA) is 44.9 Å². The Balaban J connectivity index is 2.41. The molecule has 1 aromatic rings. The molecule has 0 N–H and O–H groups in total. The molecule has 1 aromatic heterocycles. The number of thioether (sulfide) groups is 1. The van der Waals surface area contributed by atoms with Crippen molar-refractivity contribution in [3.05, 3.63) is 23.8 Å². The normalized spacial score (nSPS) is 19.1. The van der Waals surface area contributed by atoms with E-state index in [4.69, 9.17) is 0 Å². The van der Waals surface area contributed by atoms with Gasteiger partial charge in [-0.15, -0.1) is 11.8 Å². The van der Waals surface area contributed by atoms with Gasteiger partial charge in [0.1, 0.15) is 11.1 Å². The number of hydrogen-bond acceptors (Lipinski definition) is 4. The van der Waals surface area contributed by atoms with E-state index >= 15 is 0 Å². The first kappa shape index (κ1) is 10.1. The Morgan fingerprint density at radius 3 is 3.20 bits per heavy atom. The van der Waals surface area contributed by atoms with E-state index in [-0.39, 0.29) is 0 Å². The Labute approximate surface area is 93.2 Å². The molecule has 2 rings (SSSR count). The lowest BCUT2D eigenvalue weighted by Crippen LogP contribution is -2.18. The average Bonchev–Trinajstić information content (AvgIpc) is 2.89. The maximum atomic E-state index is 9.18. The average molecular weight is 220 g/mol. The van der Waals surface area contributed by atoms with E-state index in [1.54, 1.807) is 35.0 Å². The van der Waals surface area contributed by atoms with E-state index in [2.05, 4.69) is 22.9 Å². The van der Waals surface area contributed by atoms with Crippen molar-refractivity contribution in [3.63, 3.8) is 0 Å². The highest BCUT2D eigenvalue weighted by Gasteiger charge is 2.21. The van der Waals surface area contributed by atoms with Gasteiger partial charge in [-0.05, 0) is 6.92 Å². The predicted octanol–water partition coefficient (Wildman–Crippen LogP) is 1.60. The summed E-state index contributed by atoms with van der Waals surface area (Å²) in [6.45, 7) is 4.08. The number of aromatic nitrogens is 2. The van der Waals surface area contributed by atoms with Crippen LogP contribution in [0.1, 0.15) is 6.92 Å². The maximum absolute atomic E-state index is 9.18. The third kappa shape index (κ3) is 1.85. The van der Waals surface area contributed by atoms with Crippen molar-refractivity contribution >= 4 is 17.5 Å². The predicted molar refractivity (Wildman–Crippen MR) is 60.8 cm³/mol. The van der Waals surface area contributed by atoms with Crippen molar-refractivity contribution < 1.29 is 0 Å². The van der Waals surface area contributed by atoms with E-state index in [1.165, 1.54) is 0 Å². The molecular weight excluding hydrogens is 208 g/mol. The molecule has 0 bridgehead atoms. The van der Waals surface area contributed by atoms with E-state index in [9.17, 15) is 5.26 Å². The maximum Gasteiger partial charge on any atom is 0.155 e. The molecule has 5 heteroatoms. The Morgan fingerprint density at radius 2 is 2.60 bits per heavy atom. The molecule has 1 aliphatic rings. The standard InChI is InChI=1S/C10H12N4S/c1-2-13-5-6-15-10(13)9(7-11)14-4-3-12-8-14/h3-4,8H,2,5-6H2,1H3/b10-9-. The van der Waals surface area contributed by atoms with E-state index in [1.807, 2.05) is 0 Å². The Hall–Kier alpha value is -1.41. The Kier molecular flexibility index (Phi) is 2.97. The van der Waals surface area contributed by atoms with Gasteiger partial charge >= 0.3 is 0 Å². The third-order valence-electron chi connectivity index (χ3n) is 2.34. The van der Waals surface area contributed by atoms with Gasteiger partial charge in [0.15, 0.2) is 5.70 Å². The van der Waals surface area contributed by atoms with Crippen molar-refractivity contribution in [2.45, 2.75) is 6.92 Å². The summed E-state index contributed by atoms with van der Waals surface area (Å²) in [5.41, 5.74) is 0.678. The molecule has 0 radical (unpaired) electrons. The lowest BCUT2D eigenvalue weighted by atomic mass is 10.4. The lowest BCUT2D eigenvalue weighted by Gasteiger charge is -2.17. The van der Waals surface area contributed by atoms with Crippen LogP contribution in [0.5, 0.6) is 0 Å². The summed E-state index contributed by atoms with van der Waals surface area (Å²) in [7, 11) is 0. The van der Waals surface area contributed by atoms with Crippen LogP contribution in [-0.2, 0) is 0 Å². The first-order valence-electron chi connectivity index (χ1n) is 4.87. The summed E-state index contributed by atoms with van der Waals surface area (Å²) in [5.74, 6) is 1.06. The quantitative estimate of drug-likeness (QED) is 0.710. The van der Waals surface area contributed by atoms with Crippen molar-refractivity contribution in [1.82, 2.24) is 14.5 Å². The van der Waals surface area contributed by atoms with Gasteiger partial charge in [0.05, 0.1) is 6.33 Å². The Bertz CT molecular complexity index is 402. The van der Waals surface area contributed by atoms with E-state index in [0.29, 0.717) is 5.70 Å². The van der Waals surface area contributed by atoms with Gasteiger partial charge < -0.3 is 4.90 Å². The number of nitrogens with zero attached hydrogens (tertiary/aromatic N) is 4. The SMILES string of the molecule is CCN1CCS/C1=C(/C#N)n1ccnc1. The second-order valence-electron chi connectivity index (χ2n) is 3.16. The minimum atomic E-state index is 0.678. The molecule has 15 heavy (non-hydrogen) atoms. The van der Waals surface area contributed by atoms with Crippen molar-refractivity contribution in [1.29, 1.82) is 5.26 Å². The van der Waals surface area contributed by atoms with Gasteiger partial charge in [-0.2, -0.15) is 5.26 Å². The zero-order chi connectivity index (χ0) is 10.7. The van der Waals surface area contributed by atoms with Gasteiger partial charge in [0, 0.05) is 31.2 Å². The van der Waals surface area contributed by atoms with Crippen LogP contribution in [-0.4, -0.2) is 33.3 Å². The summed E-state index contributed by atoms with van der Waals surface area (Å²) in [5, 5.41) is 10.2. The summed E-state index contributed by atoms with van der Waals surface area (Å²) in [6, 6.07) is 2.25. The summed E-state index contributed by atoms with van der Waals surface area (Å²) < 4.78 is 1.77.